The minimum atomic E-state index is -1.20. The van der Waals surface area contributed by atoms with E-state index in [0.29, 0.717) is 11.1 Å². The van der Waals surface area contributed by atoms with Gasteiger partial charge in [-0.25, -0.2) is 9.59 Å². The van der Waals surface area contributed by atoms with E-state index in [1.54, 1.807) is 63.2 Å². The fraction of sp³-hybridized carbons (Fsp3) is 0.375. The molecule has 0 radical (unpaired) electrons. The van der Waals surface area contributed by atoms with Gasteiger partial charge in [-0.3, -0.25) is 19.2 Å². The monoisotopic (exact) mass is 639 g/mol. The summed E-state index contributed by atoms with van der Waals surface area (Å²) in [7, 11) is 1.17. The van der Waals surface area contributed by atoms with Crippen LogP contribution < -0.4 is 26.6 Å². The molecule has 3 atom stereocenters. The SMILES string of the molecule is COC(=O)[C@H](C)NC(=O)/C(=C/c1ccccc1)NC(=O)[C@H](C)NC(=O)[C@H](Cc1ccc(O)cc1)NC(=O)CNC(=O)OC(C)(C)C. The standard InChI is InChI=1S/C32H41N5O9/c1-19(27(40)37-25(16-21-10-8-7-9-11-21)29(42)35-20(2)30(43)45-6)34-28(41)24(17-22-12-14-23(38)15-13-22)36-26(39)18-33-31(44)46-32(3,4)5/h7-16,19-20,24,38H,17-18H2,1-6H3,(H,33,44)(H,34,41)(H,35,42)(H,36,39)(H,37,40)/b25-16-/t19-,20-,24-/m0/s1. The van der Waals surface area contributed by atoms with Crippen LogP contribution in [0.1, 0.15) is 45.7 Å². The van der Waals surface area contributed by atoms with Crippen molar-refractivity contribution in [3.8, 4) is 5.75 Å². The molecule has 0 aromatic heterocycles. The van der Waals surface area contributed by atoms with Crippen molar-refractivity contribution in [2.75, 3.05) is 13.7 Å². The number of carbonyl (C=O) groups is 6. The predicted molar refractivity (Wildman–Crippen MR) is 168 cm³/mol. The molecule has 0 heterocycles. The van der Waals surface area contributed by atoms with Crippen LogP contribution in [0.3, 0.4) is 0 Å². The third-order valence-electron chi connectivity index (χ3n) is 6.09. The lowest BCUT2D eigenvalue weighted by atomic mass is 10.0. The summed E-state index contributed by atoms with van der Waals surface area (Å²) >= 11 is 0. The fourth-order valence-electron chi connectivity index (χ4n) is 3.79. The minimum Gasteiger partial charge on any atom is -0.508 e. The van der Waals surface area contributed by atoms with Gasteiger partial charge in [-0.05, 0) is 64.0 Å². The summed E-state index contributed by atoms with van der Waals surface area (Å²) < 4.78 is 9.76. The van der Waals surface area contributed by atoms with Crippen molar-refractivity contribution in [2.45, 2.75) is 64.8 Å². The third kappa shape index (κ3) is 13.1. The highest BCUT2D eigenvalue weighted by molar-refractivity contribution is 6.04. The highest BCUT2D eigenvalue weighted by Crippen LogP contribution is 2.12. The lowest BCUT2D eigenvalue weighted by molar-refractivity contribution is -0.144. The first-order valence-corrected chi connectivity index (χ1v) is 14.4. The fourth-order valence-corrected chi connectivity index (χ4v) is 3.79. The largest absolute Gasteiger partial charge is 0.508 e. The lowest BCUT2D eigenvalue weighted by Gasteiger charge is -2.23. The summed E-state index contributed by atoms with van der Waals surface area (Å²) in [6, 6.07) is 11.2. The maximum Gasteiger partial charge on any atom is 0.408 e. The van der Waals surface area contributed by atoms with E-state index in [1.807, 2.05) is 0 Å². The molecule has 0 fully saturated rings. The Bertz CT molecular complexity index is 1420. The maximum absolute atomic E-state index is 13.3. The third-order valence-corrected chi connectivity index (χ3v) is 6.09. The van der Waals surface area contributed by atoms with Crippen molar-refractivity contribution in [1.82, 2.24) is 26.6 Å². The van der Waals surface area contributed by atoms with Crippen molar-refractivity contribution >= 4 is 41.8 Å². The number of nitrogens with one attached hydrogen (secondary N) is 5. The maximum atomic E-state index is 13.3. The molecule has 0 saturated carbocycles. The van der Waals surface area contributed by atoms with Gasteiger partial charge in [0.15, 0.2) is 0 Å². The number of benzene rings is 2. The van der Waals surface area contributed by atoms with Crippen LogP contribution in [0, 0.1) is 0 Å². The molecule has 14 heteroatoms. The number of amides is 5. The van der Waals surface area contributed by atoms with Crippen LogP contribution in [0.25, 0.3) is 6.08 Å². The Labute approximate surface area is 267 Å². The van der Waals surface area contributed by atoms with E-state index in [4.69, 9.17) is 4.74 Å². The van der Waals surface area contributed by atoms with E-state index in [1.165, 1.54) is 39.2 Å². The number of alkyl carbamates (subject to hydrolysis) is 1. The molecular formula is C32H41N5O9. The molecule has 0 aliphatic heterocycles. The van der Waals surface area contributed by atoms with E-state index in [2.05, 4.69) is 31.3 Å². The second-order valence-electron chi connectivity index (χ2n) is 11.3. The first-order chi connectivity index (χ1) is 21.6. The molecule has 0 bridgehead atoms. The summed E-state index contributed by atoms with van der Waals surface area (Å²) in [6.07, 6.45) is 0.556. The molecule has 46 heavy (non-hydrogen) atoms. The molecule has 2 rings (SSSR count). The van der Waals surface area contributed by atoms with Crippen molar-refractivity contribution in [3.05, 3.63) is 71.4 Å². The van der Waals surface area contributed by atoms with Crippen LogP contribution in [0.15, 0.2) is 60.3 Å². The summed E-state index contributed by atoms with van der Waals surface area (Å²) in [6.45, 7) is 7.30. The Balaban J connectivity index is 2.18. The van der Waals surface area contributed by atoms with Gasteiger partial charge in [-0.15, -0.1) is 0 Å². The molecule has 0 aliphatic rings. The van der Waals surface area contributed by atoms with Gasteiger partial charge in [0, 0.05) is 6.42 Å². The average Bonchev–Trinajstić information content (AvgIpc) is 2.99. The first-order valence-electron chi connectivity index (χ1n) is 14.4. The normalized spacial score (nSPS) is 13.2. The van der Waals surface area contributed by atoms with E-state index < -0.39 is 66.0 Å². The van der Waals surface area contributed by atoms with Crippen LogP contribution in [-0.2, 0) is 39.9 Å². The van der Waals surface area contributed by atoms with Crippen molar-refractivity contribution < 1.29 is 43.3 Å². The zero-order valence-electron chi connectivity index (χ0n) is 26.6. The van der Waals surface area contributed by atoms with Gasteiger partial charge in [-0.1, -0.05) is 42.5 Å². The molecule has 0 spiro atoms. The summed E-state index contributed by atoms with van der Waals surface area (Å²) in [5, 5.41) is 21.9. The number of esters is 1. The van der Waals surface area contributed by atoms with E-state index in [0.717, 1.165) is 0 Å². The minimum absolute atomic E-state index is 0.00465. The van der Waals surface area contributed by atoms with Gasteiger partial charge in [0.25, 0.3) is 5.91 Å². The van der Waals surface area contributed by atoms with Gasteiger partial charge < -0.3 is 41.2 Å². The quantitative estimate of drug-likeness (QED) is 0.138. The molecule has 6 N–H and O–H groups in total. The highest BCUT2D eigenvalue weighted by Gasteiger charge is 2.27. The summed E-state index contributed by atoms with van der Waals surface area (Å²) in [4.78, 5) is 76.0. The molecule has 0 aliphatic carbocycles. The van der Waals surface area contributed by atoms with Gasteiger partial charge >= 0.3 is 12.1 Å². The van der Waals surface area contributed by atoms with Crippen molar-refractivity contribution in [3.63, 3.8) is 0 Å². The first kappa shape index (κ1) is 36.8. The van der Waals surface area contributed by atoms with E-state index in [9.17, 15) is 33.9 Å². The number of aromatic hydroxyl groups is 1. The molecule has 248 valence electrons. The smallest absolute Gasteiger partial charge is 0.408 e. The molecule has 2 aromatic carbocycles. The molecular weight excluding hydrogens is 598 g/mol. The number of hydrogen-bond acceptors (Lipinski definition) is 9. The molecule has 0 saturated heterocycles. The Morgan fingerprint density at radius 3 is 2.07 bits per heavy atom. The van der Waals surface area contributed by atoms with Gasteiger partial charge in [-0.2, -0.15) is 0 Å². The van der Waals surface area contributed by atoms with Crippen LogP contribution in [-0.4, -0.2) is 78.2 Å². The van der Waals surface area contributed by atoms with Crippen LogP contribution >= 0.6 is 0 Å². The van der Waals surface area contributed by atoms with Crippen LogP contribution in [0.5, 0.6) is 5.75 Å². The second-order valence-corrected chi connectivity index (χ2v) is 11.3. The number of ether oxygens (including phenoxy) is 2. The number of carbonyl (C=O) groups excluding carboxylic acids is 6. The Hall–Kier alpha value is -5.40. The Morgan fingerprint density at radius 1 is 0.848 bits per heavy atom. The number of methoxy groups -OCH3 is 1. The number of hydrogen-bond donors (Lipinski definition) is 6. The second kappa shape index (κ2) is 17.2. The van der Waals surface area contributed by atoms with Crippen molar-refractivity contribution in [2.24, 2.45) is 0 Å². The lowest BCUT2D eigenvalue weighted by Crippen LogP contribution is -2.55. The predicted octanol–water partition coefficient (Wildman–Crippen LogP) is 1.28. The number of phenols is 1. The average molecular weight is 640 g/mol. The molecule has 5 amide bonds. The Morgan fingerprint density at radius 2 is 1.48 bits per heavy atom. The van der Waals surface area contributed by atoms with E-state index >= 15 is 0 Å². The van der Waals surface area contributed by atoms with Gasteiger partial charge in [0.05, 0.1) is 7.11 Å². The van der Waals surface area contributed by atoms with Crippen LogP contribution in [0.2, 0.25) is 0 Å². The Kier molecular flexibility index (Phi) is 13.7. The molecule has 0 unspecified atom stereocenters. The topological polar surface area (TPSA) is 201 Å². The summed E-state index contributed by atoms with van der Waals surface area (Å²) in [5.41, 5.74) is 0.178. The zero-order valence-corrected chi connectivity index (χ0v) is 26.6. The summed E-state index contributed by atoms with van der Waals surface area (Å²) in [5.74, 6) is -3.67. The molecule has 14 nitrogen and oxygen atoms in total. The highest BCUT2D eigenvalue weighted by atomic mass is 16.6. The van der Waals surface area contributed by atoms with Gasteiger partial charge in [0.2, 0.25) is 17.7 Å². The zero-order chi connectivity index (χ0) is 34.4. The van der Waals surface area contributed by atoms with Gasteiger partial charge in [0.1, 0.15) is 41.7 Å². The molecule has 2 aromatic rings. The number of phenolic OH excluding ortho intramolecular Hbond substituents is 1. The van der Waals surface area contributed by atoms with Crippen molar-refractivity contribution in [1.29, 1.82) is 0 Å². The van der Waals surface area contributed by atoms with Crippen LogP contribution in [0.4, 0.5) is 4.79 Å². The number of rotatable bonds is 13. The van der Waals surface area contributed by atoms with E-state index in [-0.39, 0.29) is 17.9 Å².